The third kappa shape index (κ3) is 4.66. The molecule has 3 heteroatoms. The monoisotopic (exact) mass is 412 g/mol. The molecule has 0 spiro atoms. The highest BCUT2D eigenvalue weighted by atomic mass is 16.1. The molecular formula is C28H32N2O. The van der Waals surface area contributed by atoms with Gasteiger partial charge in [0.2, 0.25) is 0 Å². The van der Waals surface area contributed by atoms with Crippen LogP contribution in [0.5, 0.6) is 0 Å². The van der Waals surface area contributed by atoms with E-state index in [1.165, 1.54) is 35.2 Å². The highest BCUT2D eigenvalue weighted by Gasteiger charge is 2.24. The number of fused-ring (bicyclic) bond motifs is 1. The SMILES string of the molecule is CCN(CC)/C(=C/C(=O)c1ccccc1)c1cn(Cc2ccccc2)c2c1CCCC2. The molecule has 0 saturated carbocycles. The summed E-state index contributed by atoms with van der Waals surface area (Å²) in [5.74, 6) is 0.0721. The number of carbonyl (C=O) groups excluding carboxylic acids is 1. The normalized spacial score (nSPS) is 13.7. The molecule has 0 amide bonds. The molecule has 0 atom stereocenters. The molecule has 2 aromatic carbocycles. The van der Waals surface area contributed by atoms with E-state index in [0.717, 1.165) is 43.7 Å². The van der Waals surface area contributed by atoms with Crippen molar-refractivity contribution in [3.63, 3.8) is 0 Å². The molecule has 1 aliphatic carbocycles. The van der Waals surface area contributed by atoms with Crippen molar-refractivity contribution in [1.29, 1.82) is 0 Å². The molecule has 0 bridgehead atoms. The molecule has 0 fully saturated rings. The lowest BCUT2D eigenvalue weighted by Crippen LogP contribution is -2.22. The zero-order valence-electron chi connectivity index (χ0n) is 18.7. The Balaban J connectivity index is 1.79. The number of hydrogen-bond acceptors (Lipinski definition) is 2. The van der Waals surface area contributed by atoms with E-state index in [0.29, 0.717) is 0 Å². The highest BCUT2D eigenvalue weighted by molar-refractivity contribution is 6.08. The van der Waals surface area contributed by atoms with Crippen LogP contribution in [0.1, 0.15) is 59.4 Å². The van der Waals surface area contributed by atoms with Crippen molar-refractivity contribution < 1.29 is 4.79 Å². The first-order chi connectivity index (χ1) is 15.2. The van der Waals surface area contributed by atoms with Gasteiger partial charge in [-0.15, -0.1) is 0 Å². The molecule has 0 unspecified atom stereocenters. The zero-order chi connectivity index (χ0) is 21.6. The average Bonchev–Trinajstić information content (AvgIpc) is 3.18. The van der Waals surface area contributed by atoms with Gasteiger partial charge < -0.3 is 9.47 Å². The number of aromatic nitrogens is 1. The van der Waals surface area contributed by atoms with Gasteiger partial charge in [-0.05, 0) is 50.7 Å². The van der Waals surface area contributed by atoms with E-state index in [4.69, 9.17) is 0 Å². The standard InChI is InChI=1S/C28H32N2O/c1-3-29(4-2)27(19-28(31)23-15-9-6-10-16-23)25-21-30(20-22-13-7-5-8-14-22)26-18-12-11-17-24(25)26/h5-10,13-16,19,21H,3-4,11-12,17-18,20H2,1-2H3/b27-19+. The Morgan fingerprint density at radius 1 is 0.935 bits per heavy atom. The van der Waals surface area contributed by atoms with E-state index >= 15 is 0 Å². The molecule has 160 valence electrons. The summed E-state index contributed by atoms with van der Waals surface area (Å²) in [5.41, 5.74) is 7.22. The minimum Gasteiger partial charge on any atom is -0.371 e. The summed E-state index contributed by atoms with van der Waals surface area (Å²) >= 11 is 0. The largest absolute Gasteiger partial charge is 0.371 e. The second kappa shape index (κ2) is 9.82. The maximum absolute atomic E-state index is 13.1. The first-order valence-electron chi connectivity index (χ1n) is 11.5. The van der Waals surface area contributed by atoms with E-state index in [-0.39, 0.29) is 5.78 Å². The Bertz CT molecular complexity index is 1040. The van der Waals surface area contributed by atoms with Crippen LogP contribution in [0.4, 0.5) is 0 Å². The Hall–Kier alpha value is -3.07. The van der Waals surface area contributed by atoms with E-state index in [2.05, 4.69) is 59.8 Å². The maximum Gasteiger partial charge on any atom is 0.187 e. The number of nitrogens with zero attached hydrogens (tertiary/aromatic N) is 2. The van der Waals surface area contributed by atoms with Crippen LogP contribution in [-0.2, 0) is 19.4 Å². The number of benzene rings is 2. The fourth-order valence-corrected chi connectivity index (χ4v) is 4.66. The molecule has 0 saturated heterocycles. The van der Waals surface area contributed by atoms with Crippen molar-refractivity contribution in [2.75, 3.05) is 13.1 Å². The second-order valence-corrected chi connectivity index (χ2v) is 8.22. The summed E-state index contributed by atoms with van der Waals surface area (Å²) in [6.07, 6.45) is 8.81. The Morgan fingerprint density at radius 3 is 2.26 bits per heavy atom. The number of hydrogen-bond donors (Lipinski definition) is 0. The molecule has 0 N–H and O–H groups in total. The minimum absolute atomic E-state index is 0.0721. The van der Waals surface area contributed by atoms with E-state index < -0.39 is 0 Å². The van der Waals surface area contributed by atoms with Crippen molar-refractivity contribution in [3.8, 4) is 0 Å². The summed E-state index contributed by atoms with van der Waals surface area (Å²) in [6.45, 7) is 6.96. The third-order valence-electron chi connectivity index (χ3n) is 6.30. The fourth-order valence-electron chi connectivity index (χ4n) is 4.66. The molecule has 1 aliphatic rings. The average molecular weight is 413 g/mol. The van der Waals surface area contributed by atoms with Gasteiger partial charge in [0.05, 0.1) is 0 Å². The molecule has 4 rings (SSSR count). The predicted molar refractivity (Wildman–Crippen MR) is 128 cm³/mol. The van der Waals surface area contributed by atoms with Gasteiger partial charge in [-0.2, -0.15) is 0 Å². The molecule has 3 aromatic rings. The van der Waals surface area contributed by atoms with Crippen molar-refractivity contribution in [2.24, 2.45) is 0 Å². The molecule has 1 heterocycles. The van der Waals surface area contributed by atoms with E-state index in [1.807, 2.05) is 36.4 Å². The number of carbonyl (C=O) groups is 1. The van der Waals surface area contributed by atoms with Crippen LogP contribution in [0.3, 0.4) is 0 Å². The van der Waals surface area contributed by atoms with Crippen LogP contribution in [0.15, 0.2) is 72.9 Å². The van der Waals surface area contributed by atoms with Gasteiger partial charge in [-0.3, -0.25) is 4.79 Å². The zero-order valence-corrected chi connectivity index (χ0v) is 18.7. The summed E-state index contributed by atoms with van der Waals surface area (Å²) < 4.78 is 2.42. The highest BCUT2D eigenvalue weighted by Crippen LogP contribution is 2.33. The predicted octanol–water partition coefficient (Wildman–Crippen LogP) is 5.98. The lowest BCUT2D eigenvalue weighted by molar-refractivity contribution is 0.104. The van der Waals surface area contributed by atoms with Crippen molar-refractivity contribution in [2.45, 2.75) is 46.1 Å². The Kier molecular flexibility index (Phi) is 6.71. The number of rotatable bonds is 8. The van der Waals surface area contributed by atoms with Crippen LogP contribution < -0.4 is 0 Å². The Morgan fingerprint density at radius 2 is 1.58 bits per heavy atom. The van der Waals surface area contributed by atoms with Crippen LogP contribution in [0.25, 0.3) is 5.70 Å². The molecular weight excluding hydrogens is 380 g/mol. The van der Waals surface area contributed by atoms with Gasteiger partial charge in [-0.1, -0.05) is 60.7 Å². The van der Waals surface area contributed by atoms with Gasteiger partial charge in [-0.25, -0.2) is 0 Å². The Labute approximate surface area is 186 Å². The van der Waals surface area contributed by atoms with Gasteiger partial charge in [0, 0.05) is 54.4 Å². The van der Waals surface area contributed by atoms with Crippen LogP contribution in [0.2, 0.25) is 0 Å². The maximum atomic E-state index is 13.1. The van der Waals surface area contributed by atoms with Gasteiger partial charge >= 0.3 is 0 Å². The number of allylic oxidation sites excluding steroid dienone is 1. The summed E-state index contributed by atoms with van der Waals surface area (Å²) in [5, 5.41) is 0. The summed E-state index contributed by atoms with van der Waals surface area (Å²) in [7, 11) is 0. The first-order valence-corrected chi connectivity index (χ1v) is 11.5. The van der Waals surface area contributed by atoms with Gasteiger partial charge in [0.25, 0.3) is 0 Å². The van der Waals surface area contributed by atoms with Crippen LogP contribution in [-0.4, -0.2) is 28.3 Å². The summed E-state index contributed by atoms with van der Waals surface area (Å²) in [6, 6.07) is 20.3. The minimum atomic E-state index is 0.0721. The molecule has 1 aromatic heterocycles. The van der Waals surface area contributed by atoms with E-state index in [1.54, 1.807) is 0 Å². The van der Waals surface area contributed by atoms with Gasteiger partial charge in [0.15, 0.2) is 5.78 Å². The molecule has 0 radical (unpaired) electrons. The van der Waals surface area contributed by atoms with Crippen molar-refractivity contribution >= 4 is 11.5 Å². The van der Waals surface area contributed by atoms with Gasteiger partial charge in [0.1, 0.15) is 0 Å². The van der Waals surface area contributed by atoms with Crippen molar-refractivity contribution in [3.05, 3.63) is 101 Å². The van der Waals surface area contributed by atoms with Crippen LogP contribution in [0, 0.1) is 0 Å². The summed E-state index contributed by atoms with van der Waals surface area (Å²) in [4.78, 5) is 15.4. The quantitative estimate of drug-likeness (QED) is 0.336. The molecule has 3 nitrogen and oxygen atoms in total. The molecule has 31 heavy (non-hydrogen) atoms. The topological polar surface area (TPSA) is 25.2 Å². The lowest BCUT2D eigenvalue weighted by atomic mass is 9.93. The lowest BCUT2D eigenvalue weighted by Gasteiger charge is -2.25. The van der Waals surface area contributed by atoms with Crippen molar-refractivity contribution in [1.82, 2.24) is 9.47 Å². The smallest absolute Gasteiger partial charge is 0.187 e. The second-order valence-electron chi connectivity index (χ2n) is 8.22. The van der Waals surface area contributed by atoms with E-state index in [9.17, 15) is 4.79 Å². The van der Waals surface area contributed by atoms with Crippen LogP contribution >= 0.6 is 0 Å². The molecule has 0 aliphatic heterocycles. The number of ketones is 1. The first kappa shape index (κ1) is 21.2. The third-order valence-corrected chi connectivity index (χ3v) is 6.30. The fraction of sp³-hybridized carbons (Fsp3) is 0.321.